The number of halogens is 1. The van der Waals surface area contributed by atoms with Crippen molar-refractivity contribution in [3.8, 4) is 0 Å². The number of aromatic amines is 1. The first-order valence-electron chi connectivity index (χ1n) is 11.8. The second kappa shape index (κ2) is 13.6. The van der Waals surface area contributed by atoms with E-state index >= 15 is 0 Å². The Balaban J connectivity index is 0.00000306. The van der Waals surface area contributed by atoms with Gasteiger partial charge in [0.15, 0.2) is 5.96 Å². The second-order valence-corrected chi connectivity index (χ2v) is 8.24. The standard InChI is InChI=1S/C26H35N5O.HI/c1-2-27-26(28-13-7-10-22-19-29-25-12-6-5-11-24(22)25)30-18-21-8-3-4-9-23(21)20-31-14-16-32-17-15-31;/h3-6,8-9,11-12,19,29H,2,7,10,13-18,20H2,1H3,(H2,27,28,30);1H. The fourth-order valence-electron chi connectivity index (χ4n) is 4.20. The van der Waals surface area contributed by atoms with Crippen LogP contribution >= 0.6 is 24.0 Å². The number of guanidine groups is 1. The molecule has 33 heavy (non-hydrogen) atoms. The van der Waals surface area contributed by atoms with Crippen molar-refractivity contribution in [2.75, 3.05) is 39.4 Å². The van der Waals surface area contributed by atoms with Crippen molar-refractivity contribution in [2.24, 2.45) is 4.99 Å². The fourth-order valence-corrected chi connectivity index (χ4v) is 4.20. The van der Waals surface area contributed by atoms with Crippen molar-refractivity contribution in [1.29, 1.82) is 0 Å². The molecule has 0 unspecified atom stereocenters. The van der Waals surface area contributed by atoms with Gasteiger partial charge >= 0.3 is 0 Å². The van der Waals surface area contributed by atoms with Crippen molar-refractivity contribution >= 4 is 40.8 Å². The van der Waals surface area contributed by atoms with Gasteiger partial charge in [0, 0.05) is 49.8 Å². The van der Waals surface area contributed by atoms with Crippen LogP contribution in [0, 0.1) is 0 Å². The average Bonchev–Trinajstić information content (AvgIpc) is 3.25. The number of nitrogens with zero attached hydrogens (tertiary/aromatic N) is 2. The molecule has 0 saturated carbocycles. The first kappa shape index (κ1) is 25.5. The number of rotatable bonds is 9. The number of aliphatic imine (C=N–C) groups is 1. The van der Waals surface area contributed by atoms with Crippen LogP contribution in [0.1, 0.15) is 30.0 Å². The van der Waals surface area contributed by atoms with Gasteiger partial charge in [-0.05, 0) is 42.5 Å². The Morgan fingerprint density at radius 3 is 2.58 bits per heavy atom. The molecule has 3 aromatic rings. The lowest BCUT2D eigenvalue weighted by molar-refractivity contribution is 0.0341. The molecule has 0 spiro atoms. The minimum atomic E-state index is 0. The number of fused-ring (bicyclic) bond motifs is 1. The van der Waals surface area contributed by atoms with Gasteiger partial charge in [0.1, 0.15) is 0 Å². The van der Waals surface area contributed by atoms with Crippen LogP contribution in [0.15, 0.2) is 59.7 Å². The number of hydrogen-bond donors (Lipinski definition) is 3. The number of morpholine rings is 1. The van der Waals surface area contributed by atoms with Gasteiger partial charge in [0.25, 0.3) is 0 Å². The summed E-state index contributed by atoms with van der Waals surface area (Å²) in [5.41, 5.74) is 5.23. The lowest BCUT2D eigenvalue weighted by Crippen LogP contribution is -2.38. The molecule has 0 atom stereocenters. The van der Waals surface area contributed by atoms with Gasteiger partial charge < -0.3 is 20.4 Å². The highest BCUT2D eigenvalue weighted by atomic mass is 127. The summed E-state index contributed by atoms with van der Waals surface area (Å²) >= 11 is 0. The summed E-state index contributed by atoms with van der Waals surface area (Å²) in [6.07, 6.45) is 4.23. The molecule has 178 valence electrons. The molecule has 4 rings (SSSR count). The molecule has 0 amide bonds. The van der Waals surface area contributed by atoms with Crippen molar-refractivity contribution in [3.05, 3.63) is 71.4 Å². The molecular formula is C26H36IN5O. The summed E-state index contributed by atoms with van der Waals surface area (Å²) in [4.78, 5) is 10.7. The van der Waals surface area contributed by atoms with Crippen LogP contribution in [-0.4, -0.2) is 55.2 Å². The van der Waals surface area contributed by atoms with E-state index in [4.69, 9.17) is 9.73 Å². The molecule has 6 nitrogen and oxygen atoms in total. The largest absolute Gasteiger partial charge is 0.379 e. The maximum Gasteiger partial charge on any atom is 0.191 e. The van der Waals surface area contributed by atoms with Crippen LogP contribution in [0.3, 0.4) is 0 Å². The summed E-state index contributed by atoms with van der Waals surface area (Å²) in [6.45, 7) is 9.14. The van der Waals surface area contributed by atoms with E-state index in [1.807, 2.05) is 0 Å². The van der Waals surface area contributed by atoms with E-state index in [2.05, 4.69) is 82.2 Å². The third-order valence-electron chi connectivity index (χ3n) is 5.96. The second-order valence-electron chi connectivity index (χ2n) is 8.24. The maximum atomic E-state index is 5.48. The summed E-state index contributed by atoms with van der Waals surface area (Å²) in [6, 6.07) is 17.1. The van der Waals surface area contributed by atoms with Gasteiger partial charge in [-0.2, -0.15) is 0 Å². The smallest absolute Gasteiger partial charge is 0.191 e. The molecule has 1 saturated heterocycles. The minimum Gasteiger partial charge on any atom is -0.379 e. The lowest BCUT2D eigenvalue weighted by Gasteiger charge is -2.27. The molecule has 0 radical (unpaired) electrons. The number of hydrogen-bond acceptors (Lipinski definition) is 3. The van der Waals surface area contributed by atoms with Crippen molar-refractivity contribution in [3.63, 3.8) is 0 Å². The number of benzene rings is 2. The number of aryl methyl sites for hydroxylation is 1. The molecule has 1 aromatic heterocycles. The highest BCUT2D eigenvalue weighted by Crippen LogP contribution is 2.18. The zero-order valence-corrected chi connectivity index (χ0v) is 21.8. The molecule has 0 aliphatic carbocycles. The number of para-hydroxylation sites is 1. The van der Waals surface area contributed by atoms with Crippen molar-refractivity contribution in [2.45, 2.75) is 32.9 Å². The minimum absolute atomic E-state index is 0. The van der Waals surface area contributed by atoms with E-state index in [-0.39, 0.29) is 24.0 Å². The van der Waals surface area contributed by atoms with E-state index in [1.54, 1.807) is 0 Å². The summed E-state index contributed by atoms with van der Waals surface area (Å²) < 4.78 is 5.48. The molecular weight excluding hydrogens is 525 g/mol. The Bertz CT molecular complexity index is 1010. The average molecular weight is 562 g/mol. The van der Waals surface area contributed by atoms with Crippen LogP contribution in [0.5, 0.6) is 0 Å². The first-order chi connectivity index (χ1) is 15.8. The van der Waals surface area contributed by atoms with Gasteiger partial charge in [0.2, 0.25) is 0 Å². The first-order valence-corrected chi connectivity index (χ1v) is 11.8. The van der Waals surface area contributed by atoms with Gasteiger partial charge in [0.05, 0.1) is 19.8 Å². The summed E-state index contributed by atoms with van der Waals surface area (Å²) in [7, 11) is 0. The van der Waals surface area contributed by atoms with E-state index in [9.17, 15) is 0 Å². The fraction of sp³-hybridized carbons (Fsp3) is 0.423. The summed E-state index contributed by atoms with van der Waals surface area (Å²) in [5, 5.41) is 8.21. The molecule has 1 aliphatic rings. The Hall–Kier alpha value is -2.10. The maximum absolute atomic E-state index is 5.48. The Labute approximate surface area is 214 Å². The highest BCUT2D eigenvalue weighted by molar-refractivity contribution is 14.0. The summed E-state index contributed by atoms with van der Waals surface area (Å²) in [5.74, 6) is 0.882. The topological polar surface area (TPSA) is 64.7 Å². The van der Waals surface area contributed by atoms with Crippen LogP contribution in [0.2, 0.25) is 0 Å². The Morgan fingerprint density at radius 1 is 1.00 bits per heavy atom. The normalized spacial score (nSPS) is 14.8. The predicted molar refractivity (Wildman–Crippen MR) is 147 cm³/mol. The molecule has 0 bridgehead atoms. The van der Waals surface area contributed by atoms with Crippen LogP contribution in [-0.2, 0) is 24.2 Å². The number of nitrogens with one attached hydrogen (secondary N) is 3. The Kier molecular flexibility index (Phi) is 10.5. The van der Waals surface area contributed by atoms with Crippen molar-refractivity contribution < 1.29 is 4.74 Å². The van der Waals surface area contributed by atoms with Gasteiger partial charge in [-0.3, -0.25) is 4.90 Å². The van der Waals surface area contributed by atoms with Crippen molar-refractivity contribution in [1.82, 2.24) is 20.5 Å². The van der Waals surface area contributed by atoms with Gasteiger partial charge in [-0.15, -0.1) is 24.0 Å². The number of H-pyrrole nitrogens is 1. The van der Waals surface area contributed by atoms with Gasteiger partial charge in [-0.25, -0.2) is 4.99 Å². The third kappa shape index (κ3) is 7.45. The number of aromatic nitrogens is 1. The van der Waals surface area contributed by atoms with Crippen LogP contribution < -0.4 is 10.6 Å². The zero-order valence-electron chi connectivity index (χ0n) is 19.5. The quantitative estimate of drug-likeness (QED) is 0.158. The van der Waals surface area contributed by atoms with E-state index in [0.29, 0.717) is 6.54 Å². The third-order valence-corrected chi connectivity index (χ3v) is 5.96. The molecule has 1 aliphatic heterocycles. The van der Waals surface area contributed by atoms with Crippen LogP contribution in [0.25, 0.3) is 10.9 Å². The molecule has 2 aromatic carbocycles. The van der Waals surface area contributed by atoms with Crippen LogP contribution in [0.4, 0.5) is 0 Å². The lowest BCUT2D eigenvalue weighted by atomic mass is 10.1. The van der Waals surface area contributed by atoms with E-state index in [0.717, 1.165) is 64.7 Å². The highest BCUT2D eigenvalue weighted by Gasteiger charge is 2.12. The number of ether oxygens (including phenoxy) is 1. The predicted octanol–water partition coefficient (Wildman–Crippen LogP) is 4.31. The monoisotopic (exact) mass is 561 g/mol. The Morgan fingerprint density at radius 2 is 1.76 bits per heavy atom. The van der Waals surface area contributed by atoms with E-state index < -0.39 is 0 Å². The molecule has 7 heteroatoms. The molecule has 1 fully saturated rings. The van der Waals surface area contributed by atoms with E-state index in [1.165, 1.54) is 27.6 Å². The SMILES string of the molecule is CCNC(=NCc1ccccc1CN1CCOCC1)NCCCc1c[nH]c2ccccc12.I. The zero-order chi connectivity index (χ0) is 22.0. The molecule has 3 N–H and O–H groups in total. The van der Waals surface area contributed by atoms with Gasteiger partial charge in [-0.1, -0.05) is 42.5 Å². The molecule has 2 heterocycles.